The molecule has 1 atom stereocenters. The van der Waals surface area contributed by atoms with E-state index in [4.69, 9.17) is 9.26 Å². The van der Waals surface area contributed by atoms with Crippen LogP contribution in [0.15, 0.2) is 28.8 Å². The highest BCUT2D eigenvalue weighted by atomic mass is 32.1. The lowest BCUT2D eigenvalue weighted by molar-refractivity contribution is -0.117. The smallest absolute Gasteiger partial charge is 0.350 e. The van der Waals surface area contributed by atoms with Gasteiger partial charge in [-0.3, -0.25) is 9.59 Å². The van der Waals surface area contributed by atoms with Gasteiger partial charge in [-0.1, -0.05) is 28.6 Å². The van der Waals surface area contributed by atoms with E-state index in [9.17, 15) is 14.4 Å². The minimum Gasteiger partial charge on any atom is -0.462 e. The quantitative estimate of drug-likeness (QED) is 0.358. The molecule has 1 aliphatic heterocycles. The van der Waals surface area contributed by atoms with E-state index in [1.54, 1.807) is 45.0 Å². The van der Waals surface area contributed by atoms with E-state index in [0.29, 0.717) is 38.5 Å². The molecule has 0 spiro atoms. The molecule has 3 aromatic rings. The molecule has 12 heteroatoms. The molecule has 11 nitrogen and oxygen atoms in total. The van der Waals surface area contributed by atoms with Crippen LogP contribution < -0.4 is 16.0 Å². The van der Waals surface area contributed by atoms with Crippen molar-refractivity contribution in [3.63, 3.8) is 0 Å². The lowest BCUT2D eigenvalue weighted by atomic mass is 9.88. The maximum Gasteiger partial charge on any atom is 0.350 e. The van der Waals surface area contributed by atoms with Gasteiger partial charge in [0.1, 0.15) is 4.88 Å². The van der Waals surface area contributed by atoms with E-state index < -0.39 is 5.97 Å². The van der Waals surface area contributed by atoms with E-state index in [0.717, 1.165) is 37.3 Å². The van der Waals surface area contributed by atoms with Crippen LogP contribution in [0.25, 0.3) is 11.4 Å². The van der Waals surface area contributed by atoms with Gasteiger partial charge in [-0.15, -0.1) is 0 Å². The molecule has 3 heterocycles. The second-order valence-corrected chi connectivity index (χ2v) is 9.79. The van der Waals surface area contributed by atoms with Crippen LogP contribution in [0, 0.1) is 19.8 Å². The van der Waals surface area contributed by atoms with Gasteiger partial charge in [0, 0.05) is 30.5 Å². The molecule has 1 aromatic carbocycles. The molecular weight excluding hydrogens is 496 g/mol. The molecule has 1 unspecified atom stereocenters. The maximum absolute atomic E-state index is 13.2. The average molecular weight is 527 g/mol. The molecule has 1 saturated heterocycles. The number of hydrogen-bond acceptors (Lipinski definition) is 10. The third kappa shape index (κ3) is 6.77. The van der Waals surface area contributed by atoms with Crippen LogP contribution in [0.3, 0.4) is 0 Å². The van der Waals surface area contributed by atoms with Gasteiger partial charge < -0.3 is 25.2 Å². The summed E-state index contributed by atoms with van der Waals surface area (Å²) < 4.78 is 10.1. The Labute approximate surface area is 218 Å². The molecule has 0 radical (unpaired) electrons. The lowest BCUT2D eigenvalue weighted by Crippen LogP contribution is -2.46. The second-order valence-electron chi connectivity index (χ2n) is 8.79. The molecule has 4 rings (SSSR count). The predicted octanol–water partition coefficient (Wildman–Crippen LogP) is 3.11. The Balaban J connectivity index is 1.46. The Morgan fingerprint density at radius 1 is 1.22 bits per heavy atom. The first-order valence-electron chi connectivity index (χ1n) is 12.2. The van der Waals surface area contributed by atoms with E-state index in [-0.39, 0.29) is 36.8 Å². The van der Waals surface area contributed by atoms with Gasteiger partial charge in [0.2, 0.25) is 17.6 Å². The summed E-state index contributed by atoms with van der Waals surface area (Å²) in [6.45, 7) is 7.02. The number of rotatable bonds is 9. The van der Waals surface area contributed by atoms with Crippen molar-refractivity contribution in [2.75, 3.05) is 25.0 Å². The predicted molar refractivity (Wildman–Crippen MR) is 137 cm³/mol. The van der Waals surface area contributed by atoms with Gasteiger partial charge in [0.05, 0.1) is 12.3 Å². The summed E-state index contributed by atoms with van der Waals surface area (Å²) in [5.74, 6) is -0.0609. The first kappa shape index (κ1) is 26.4. The number of benzene rings is 1. The number of ether oxygens (including phenoxy) is 1. The zero-order valence-corrected chi connectivity index (χ0v) is 21.8. The van der Waals surface area contributed by atoms with Crippen LogP contribution >= 0.6 is 11.3 Å². The van der Waals surface area contributed by atoms with Crippen molar-refractivity contribution in [3.8, 4) is 11.4 Å². The van der Waals surface area contributed by atoms with E-state index in [2.05, 4.69) is 31.1 Å². The van der Waals surface area contributed by atoms with Crippen LogP contribution in [-0.4, -0.2) is 58.6 Å². The van der Waals surface area contributed by atoms with E-state index >= 15 is 0 Å². The second kappa shape index (κ2) is 12.1. The highest BCUT2D eigenvalue weighted by Crippen LogP contribution is 2.25. The Kier molecular flexibility index (Phi) is 8.62. The number of aryl methyl sites for hydroxylation is 2. The Bertz CT molecular complexity index is 1270. The van der Waals surface area contributed by atoms with Gasteiger partial charge in [0.25, 0.3) is 5.91 Å². The molecule has 2 aromatic heterocycles. The van der Waals surface area contributed by atoms with E-state index in [1.165, 1.54) is 0 Å². The fourth-order valence-electron chi connectivity index (χ4n) is 4.26. The Morgan fingerprint density at radius 2 is 2.00 bits per heavy atom. The summed E-state index contributed by atoms with van der Waals surface area (Å²) in [5.41, 5.74) is 1.60. The topological polar surface area (TPSA) is 148 Å². The number of hydrogen-bond donors (Lipinski definition) is 3. The minimum absolute atomic E-state index is 0.0769. The average Bonchev–Trinajstić information content (AvgIpc) is 3.49. The van der Waals surface area contributed by atoms with Crippen molar-refractivity contribution in [3.05, 3.63) is 46.3 Å². The minimum atomic E-state index is -0.462. The molecule has 0 aliphatic carbocycles. The Hall–Kier alpha value is -3.64. The van der Waals surface area contributed by atoms with Crippen molar-refractivity contribution in [1.82, 2.24) is 25.8 Å². The number of nitrogens with one attached hydrogen (secondary N) is 3. The van der Waals surface area contributed by atoms with Crippen LogP contribution in [-0.2, 0) is 9.53 Å². The highest BCUT2D eigenvalue weighted by molar-refractivity contribution is 7.17. The molecule has 3 N–H and O–H groups in total. The molecule has 0 saturated carbocycles. The van der Waals surface area contributed by atoms with Crippen LogP contribution in [0.4, 0.5) is 5.13 Å². The van der Waals surface area contributed by atoms with Crippen molar-refractivity contribution in [1.29, 1.82) is 0 Å². The number of piperidine rings is 1. The number of anilines is 1. The van der Waals surface area contributed by atoms with Crippen LogP contribution in [0.2, 0.25) is 0 Å². The number of esters is 1. The van der Waals surface area contributed by atoms with Gasteiger partial charge in [-0.05, 0) is 57.8 Å². The van der Waals surface area contributed by atoms with Crippen molar-refractivity contribution in [2.45, 2.75) is 46.1 Å². The van der Waals surface area contributed by atoms with Gasteiger partial charge >= 0.3 is 5.97 Å². The van der Waals surface area contributed by atoms with Crippen molar-refractivity contribution >= 4 is 34.3 Å². The monoisotopic (exact) mass is 526 g/mol. The number of nitrogens with zero attached hydrogens (tertiary/aromatic N) is 3. The van der Waals surface area contributed by atoms with Gasteiger partial charge in [-0.2, -0.15) is 4.98 Å². The molecule has 196 valence electrons. The number of carbonyl (C=O) groups excluding carboxylic acids is 3. The largest absolute Gasteiger partial charge is 0.462 e. The first-order valence-corrected chi connectivity index (χ1v) is 13.0. The first-order chi connectivity index (χ1) is 17.8. The normalized spacial score (nSPS) is 14.7. The van der Waals surface area contributed by atoms with Crippen LogP contribution in [0.1, 0.15) is 57.8 Å². The number of carbonyl (C=O) groups is 3. The molecular formula is C25H30N6O5S. The molecule has 37 heavy (non-hydrogen) atoms. The van der Waals surface area contributed by atoms with Crippen molar-refractivity contribution < 1.29 is 23.6 Å². The standard InChI is InChI=1S/C25H30N6O5S/c1-4-35-24(34)21-14(2)27-25(37-21)30-20(32)13-19(16-8-10-26-11-9-16)29-23(33)18-7-5-6-17(12-18)22-28-15(3)36-31-22/h5-7,12,16,19,26H,4,8-11,13H2,1-3H3,(H,29,33)(H,27,30,32). The lowest BCUT2D eigenvalue weighted by Gasteiger charge is -2.31. The molecule has 1 fully saturated rings. The zero-order chi connectivity index (χ0) is 26.4. The molecule has 1 aliphatic rings. The fourth-order valence-corrected chi connectivity index (χ4v) is 5.13. The van der Waals surface area contributed by atoms with Crippen LogP contribution in [0.5, 0.6) is 0 Å². The number of thiazole rings is 1. The third-order valence-corrected chi connectivity index (χ3v) is 7.14. The maximum atomic E-state index is 13.2. The number of aromatic nitrogens is 3. The van der Waals surface area contributed by atoms with E-state index in [1.807, 2.05) is 0 Å². The summed E-state index contributed by atoms with van der Waals surface area (Å²) in [4.78, 5) is 47.2. The van der Waals surface area contributed by atoms with Gasteiger partial charge in [0.15, 0.2) is 5.13 Å². The highest BCUT2D eigenvalue weighted by Gasteiger charge is 2.28. The summed E-state index contributed by atoms with van der Waals surface area (Å²) in [6, 6.07) is 6.60. The molecule has 2 amide bonds. The summed E-state index contributed by atoms with van der Waals surface area (Å²) in [6.07, 6.45) is 1.75. The van der Waals surface area contributed by atoms with Gasteiger partial charge in [-0.25, -0.2) is 9.78 Å². The zero-order valence-electron chi connectivity index (χ0n) is 21.0. The SMILES string of the molecule is CCOC(=O)c1sc(NC(=O)CC(NC(=O)c2cccc(-c3noc(C)n3)c2)C2CCNCC2)nc1C. The summed E-state index contributed by atoms with van der Waals surface area (Å²) in [5, 5.41) is 13.4. The summed E-state index contributed by atoms with van der Waals surface area (Å²) >= 11 is 1.08. The Morgan fingerprint density at radius 3 is 2.70 bits per heavy atom. The van der Waals surface area contributed by atoms with Crippen molar-refractivity contribution in [2.24, 2.45) is 5.92 Å². The summed E-state index contributed by atoms with van der Waals surface area (Å²) in [7, 11) is 0. The third-order valence-electron chi connectivity index (χ3n) is 6.09. The molecule has 0 bridgehead atoms. The number of amides is 2. The fraction of sp³-hybridized carbons (Fsp3) is 0.440.